The Morgan fingerprint density at radius 3 is 2.91 bits per heavy atom. The van der Waals surface area contributed by atoms with Crippen LogP contribution in [-0.2, 0) is 16.0 Å². The van der Waals surface area contributed by atoms with Gasteiger partial charge in [-0.15, -0.1) is 11.3 Å². The standard InChI is InChI=1S/C26H32N2O4S/c1-14-13-27-25(33-14)28-21(29)9-8-20-22-19-6-4-15-12-16(32-3)5-7-17(15)18(19)10-11-26(22,2)24(31)23(20)30/h5,7,12-13,18-20,22,24,31H,4,6,8-11H2,1-3H3,(H,27,28,29). The zero-order valence-electron chi connectivity index (χ0n) is 19.5. The van der Waals surface area contributed by atoms with Crippen molar-refractivity contribution in [3.8, 4) is 5.75 Å². The molecule has 6 unspecified atom stereocenters. The normalized spacial score (nSPS) is 32.6. The number of methoxy groups -OCH3 is 1. The lowest BCUT2D eigenvalue weighted by atomic mass is 9.53. The summed E-state index contributed by atoms with van der Waals surface area (Å²) in [6, 6.07) is 6.38. The van der Waals surface area contributed by atoms with Crippen molar-refractivity contribution in [1.29, 1.82) is 0 Å². The summed E-state index contributed by atoms with van der Waals surface area (Å²) in [6.07, 6.45) is 5.32. The summed E-state index contributed by atoms with van der Waals surface area (Å²) in [5.74, 6) is 1.27. The van der Waals surface area contributed by atoms with Crippen LogP contribution >= 0.6 is 11.3 Å². The molecule has 2 aromatic rings. The molecule has 6 atom stereocenters. The number of thiazole rings is 1. The summed E-state index contributed by atoms with van der Waals surface area (Å²) in [5, 5.41) is 14.5. The zero-order chi connectivity index (χ0) is 23.3. The smallest absolute Gasteiger partial charge is 0.226 e. The van der Waals surface area contributed by atoms with E-state index in [0.29, 0.717) is 23.4 Å². The highest BCUT2D eigenvalue weighted by atomic mass is 32.1. The van der Waals surface area contributed by atoms with Crippen LogP contribution in [0.25, 0.3) is 0 Å². The van der Waals surface area contributed by atoms with Crippen molar-refractivity contribution < 1.29 is 19.4 Å². The fourth-order valence-electron chi connectivity index (χ4n) is 6.95. The van der Waals surface area contributed by atoms with Crippen LogP contribution in [0.2, 0.25) is 0 Å². The van der Waals surface area contributed by atoms with E-state index in [1.807, 2.05) is 13.0 Å². The highest BCUT2D eigenvalue weighted by Crippen LogP contribution is 2.62. The molecule has 1 aromatic heterocycles. The van der Waals surface area contributed by atoms with E-state index in [4.69, 9.17) is 4.74 Å². The maximum absolute atomic E-state index is 13.2. The van der Waals surface area contributed by atoms with E-state index in [1.165, 1.54) is 22.5 Å². The van der Waals surface area contributed by atoms with Gasteiger partial charge >= 0.3 is 0 Å². The number of ether oxygens (including phenoxy) is 1. The van der Waals surface area contributed by atoms with Gasteiger partial charge in [-0.2, -0.15) is 0 Å². The number of Topliss-reactive ketones (excluding diaryl/α,β-unsaturated/α-hetero) is 1. The maximum atomic E-state index is 13.2. The van der Waals surface area contributed by atoms with Gasteiger partial charge in [0.05, 0.1) is 7.11 Å². The first-order chi connectivity index (χ1) is 15.8. The molecule has 33 heavy (non-hydrogen) atoms. The van der Waals surface area contributed by atoms with Gasteiger partial charge in [0.15, 0.2) is 10.9 Å². The molecule has 5 rings (SSSR count). The van der Waals surface area contributed by atoms with E-state index in [1.54, 1.807) is 13.3 Å². The second-order valence-corrected chi connectivity index (χ2v) is 11.5. The molecule has 3 aliphatic carbocycles. The maximum Gasteiger partial charge on any atom is 0.226 e. The number of hydrogen-bond acceptors (Lipinski definition) is 6. The Morgan fingerprint density at radius 2 is 2.18 bits per heavy atom. The van der Waals surface area contributed by atoms with Gasteiger partial charge in [0, 0.05) is 28.8 Å². The lowest BCUT2D eigenvalue weighted by molar-refractivity contribution is -0.130. The van der Waals surface area contributed by atoms with Gasteiger partial charge < -0.3 is 15.2 Å². The number of hydrogen-bond donors (Lipinski definition) is 2. The molecule has 2 fully saturated rings. The topological polar surface area (TPSA) is 88.5 Å². The average molecular weight is 469 g/mol. The number of benzene rings is 1. The number of aryl methyl sites for hydroxylation is 2. The van der Waals surface area contributed by atoms with Crippen molar-refractivity contribution >= 4 is 28.2 Å². The Labute approximate surface area is 198 Å². The fourth-order valence-corrected chi connectivity index (χ4v) is 7.63. The van der Waals surface area contributed by atoms with Crippen LogP contribution in [0.5, 0.6) is 5.75 Å². The second-order valence-electron chi connectivity index (χ2n) is 10.2. The largest absolute Gasteiger partial charge is 0.497 e. The van der Waals surface area contributed by atoms with E-state index in [-0.39, 0.29) is 29.9 Å². The first kappa shape index (κ1) is 22.5. The molecule has 6 nitrogen and oxygen atoms in total. The minimum absolute atomic E-state index is 0.0680. The molecule has 0 radical (unpaired) electrons. The predicted octanol–water partition coefficient (Wildman–Crippen LogP) is 4.50. The molecule has 0 bridgehead atoms. The number of amides is 1. The van der Waals surface area contributed by atoms with E-state index < -0.39 is 11.5 Å². The van der Waals surface area contributed by atoms with Crippen molar-refractivity contribution in [3.63, 3.8) is 0 Å². The number of fused-ring (bicyclic) bond motifs is 5. The minimum atomic E-state index is -0.935. The number of ketones is 1. The molecular formula is C26H32N2O4S. The number of aliphatic hydroxyl groups excluding tert-OH is 1. The first-order valence-corrected chi connectivity index (χ1v) is 12.7. The monoisotopic (exact) mass is 468 g/mol. The SMILES string of the molecule is COc1ccc2c(c1)CCC1C2CCC2(C)C(O)C(=O)C(CCC(=O)Nc3ncc(C)s3)C12. The summed E-state index contributed by atoms with van der Waals surface area (Å²) in [4.78, 5) is 31.1. The van der Waals surface area contributed by atoms with Gasteiger partial charge in [0.25, 0.3) is 0 Å². The van der Waals surface area contributed by atoms with Crippen LogP contribution in [0, 0.1) is 30.1 Å². The van der Waals surface area contributed by atoms with E-state index in [0.717, 1.165) is 36.3 Å². The molecule has 0 aliphatic heterocycles. The number of carbonyl (C=O) groups excluding carboxylic acids is 2. The Hall–Kier alpha value is -2.25. The van der Waals surface area contributed by atoms with Gasteiger partial charge in [-0.1, -0.05) is 13.0 Å². The van der Waals surface area contributed by atoms with Gasteiger partial charge in [-0.3, -0.25) is 9.59 Å². The minimum Gasteiger partial charge on any atom is -0.497 e. The highest BCUT2D eigenvalue weighted by Gasteiger charge is 2.62. The molecule has 1 amide bonds. The van der Waals surface area contributed by atoms with E-state index in [9.17, 15) is 14.7 Å². The van der Waals surface area contributed by atoms with Crippen LogP contribution in [0.15, 0.2) is 24.4 Å². The Balaban J connectivity index is 1.37. The van der Waals surface area contributed by atoms with Crippen LogP contribution in [0.1, 0.15) is 60.9 Å². The van der Waals surface area contributed by atoms with Crippen LogP contribution in [0.4, 0.5) is 5.13 Å². The zero-order valence-corrected chi connectivity index (χ0v) is 20.3. The molecule has 2 saturated carbocycles. The quantitative estimate of drug-likeness (QED) is 0.674. The molecular weight excluding hydrogens is 436 g/mol. The Bertz CT molecular complexity index is 1080. The summed E-state index contributed by atoms with van der Waals surface area (Å²) in [5.41, 5.74) is 2.31. The van der Waals surface area contributed by atoms with Crippen LogP contribution in [0.3, 0.4) is 0 Å². The summed E-state index contributed by atoms with van der Waals surface area (Å²) >= 11 is 1.44. The van der Waals surface area contributed by atoms with E-state index >= 15 is 0 Å². The summed E-state index contributed by atoms with van der Waals surface area (Å²) in [7, 11) is 1.70. The number of rotatable bonds is 5. The van der Waals surface area contributed by atoms with Gasteiger partial charge in [0.1, 0.15) is 11.9 Å². The fraction of sp³-hybridized carbons (Fsp3) is 0.577. The van der Waals surface area contributed by atoms with Crippen LogP contribution < -0.4 is 10.1 Å². The Morgan fingerprint density at radius 1 is 1.36 bits per heavy atom. The van der Waals surface area contributed by atoms with Crippen molar-refractivity contribution in [2.45, 2.75) is 64.4 Å². The number of aliphatic hydroxyl groups is 1. The molecule has 3 aliphatic rings. The lowest BCUT2D eigenvalue weighted by Gasteiger charge is -2.50. The number of nitrogens with zero attached hydrogens (tertiary/aromatic N) is 1. The van der Waals surface area contributed by atoms with Gasteiger partial charge in [-0.05, 0) is 80.0 Å². The lowest BCUT2D eigenvalue weighted by Crippen LogP contribution is -2.45. The third-order valence-electron chi connectivity index (χ3n) is 8.47. The van der Waals surface area contributed by atoms with Gasteiger partial charge in [-0.25, -0.2) is 4.98 Å². The molecule has 176 valence electrons. The van der Waals surface area contributed by atoms with E-state index in [2.05, 4.69) is 29.4 Å². The predicted molar refractivity (Wildman–Crippen MR) is 128 cm³/mol. The van der Waals surface area contributed by atoms with Crippen molar-refractivity contribution in [2.24, 2.45) is 23.2 Å². The molecule has 0 saturated heterocycles. The molecule has 2 N–H and O–H groups in total. The highest BCUT2D eigenvalue weighted by molar-refractivity contribution is 7.15. The summed E-state index contributed by atoms with van der Waals surface area (Å²) < 4.78 is 5.43. The molecule has 1 heterocycles. The van der Waals surface area contributed by atoms with Crippen molar-refractivity contribution in [1.82, 2.24) is 4.98 Å². The molecule has 0 spiro atoms. The van der Waals surface area contributed by atoms with Gasteiger partial charge in [0.2, 0.25) is 5.91 Å². The second kappa shape index (κ2) is 8.51. The number of nitrogens with one attached hydrogen (secondary N) is 1. The molecule has 1 aromatic carbocycles. The number of carbonyl (C=O) groups is 2. The molecule has 7 heteroatoms. The van der Waals surface area contributed by atoms with Crippen molar-refractivity contribution in [2.75, 3.05) is 12.4 Å². The number of anilines is 1. The first-order valence-electron chi connectivity index (χ1n) is 11.9. The summed E-state index contributed by atoms with van der Waals surface area (Å²) in [6.45, 7) is 4.04. The third kappa shape index (κ3) is 3.79. The van der Waals surface area contributed by atoms with Crippen molar-refractivity contribution in [3.05, 3.63) is 40.4 Å². The average Bonchev–Trinajstić information content (AvgIpc) is 3.30. The Kier molecular flexibility index (Phi) is 5.81. The number of aromatic nitrogens is 1. The van der Waals surface area contributed by atoms with Crippen LogP contribution in [-0.4, -0.2) is 35.0 Å². The third-order valence-corrected chi connectivity index (χ3v) is 9.30.